The summed E-state index contributed by atoms with van der Waals surface area (Å²) in [6.07, 6.45) is 0.957. The fourth-order valence-electron chi connectivity index (χ4n) is 2.30. The molecule has 104 valence electrons. The zero-order valence-corrected chi connectivity index (χ0v) is 12.3. The topological polar surface area (TPSA) is 46.3 Å². The third kappa shape index (κ3) is 2.45. The number of carbonyl (C=O) groups excluding carboxylic acids is 1. The average molecular weight is 288 g/mol. The van der Waals surface area contributed by atoms with Gasteiger partial charge in [0.2, 0.25) is 5.76 Å². The van der Waals surface area contributed by atoms with Gasteiger partial charge < -0.3 is 9.42 Å². The van der Waals surface area contributed by atoms with Gasteiger partial charge in [-0.25, -0.2) is 0 Å². The van der Waals surface area contributed by atoms with E-state index in [-0.39, 0.29) is 5.91 Å². The van der Waals surface area contributed by atoms with Gasteiger partial charge in [-0.15, -0.1) is 11.8 Å². The highest BCUT2D eigenvalue weighted by Gasteiger charge is 2.27. The quantitative estimate of drug-likeness (QED) is 0.805. The molecule has 3 rings (SSSR count). The molecule has 0 bridgehead atoms. The normalized spacial score (nSPS) is 18.5. The van der Waals surface area contributed by atoms with Crippen LogP contribution in [0.15, 0.2) is 39.8 Å². The minimum atomic E-state index is -0.118. The Kier molecular flexibility index (Phi) is 3.53. The lowest BCUT2D eigenvalue weighted by Crippen LogP contribution is -2.32. The van der Waals surface area contributed by atoms with E-state index in [4.69, 9.17) is 4.52 Å². The SMILES string of the molecule is Cc1cc(C(=O)N2CC[C@H](C)Sc3ccccc32)on1. The Morgan fingerprint density at radius 3 is 3.00 bits per heavy atom. The molecular weight excluding hydrogens is 272 g/mol. The van der Waals surface area contributed by atoms with E-state index in [2.05, 4.69) is 18.1 Å². The summed E-state index contributed by atoms with van der Waals surface area (Å²) in [6, 6.07) is 9.70. The smallest absolute Gasteiger partial charge is 0.296 e. The maximum Gasteiger partial charge on any atom is 0.296 e. The summed E-state index contributed by atoms with van der Waals surface area (Å²) in [5.41, 5.74) is 1.68. The van der Waals surface area contributed by atoms with Crippen LogP contribution in [0.2, 0.25) is 0 Å². The van der Waals surface area contributed by atoms with Gasteiger partial charge in [-0.1, -0.05) is 24.2 Å². The highest BCUT2D eigenvalue weighted by molar-refractivity contribution is 8.00. The summed E-state index contributed by atoms with van der Waals surface area (Å²) in [4.78, 5) is 15.6. The van der Waals surface area contributed by atoms with E-state index < -0.39 is 0 Å². The van der Waals surface area contributed by atoms with E-state index in [1.807, 2.05) is 36.9 Å². The molecular formula is C15H16N2O2S. The average Bonchev–Trinajstić information content (AvgIpc) is 2.79. The third-order valence-electron chi connectivity index (χ3n) is 3.33. The first-order valence-corrected chi connectivity index (χ1v) is 7.54. The van der Waals surface area contributed by atoms with Crippen LogP contribution in [0, 0.1) is 6.92 Å². The van der Waals surface area contributed by atoms with E-state index in [1.54, 1.807) is 11.0 Å². The first kappa shape index (κ1) is 13.2. The molecule has 1 aromatic heterocycles. The van der Waals surface area contributed by atoms with Gasteiger partial charge >= 0.3 is 0 Å². The number of aryl methyl sites for hydroxylation is 1. The predicted octanol–water partition coefficient (Wildman–Crippen LogP) is 3.51. The number of nitrogens with zero attached hydrogens (tertiary/aromatic N) is 2. The summed E-state index contributed by atoms with van der Waals surface area (Å²) >= 11 is 1.81. The molecule has 1 atom stereocenters. The van der Waals surface area contributed by atoms with Crippen LogP contribution in [0.25, 0.3) is 0 Å². The van der Waals surface area contributed by atoms with Crippen molar-refractivity contribution in [3.8, 4) is 0 Å². The van der Waals surface area contributed by atoms with Crippen LogP contribution >= 0.6 is 11.8 Å². The van der Waals surface area contributed by atoms with Crippen LogP contribution in [-0.2, 0) is 0 Å². The first-order valence-electron chi connectivity index (χ1n) is 6.66. The number of fused-ring (bicyclic) bond motifs is 1. The lowest BCUT2D eigenvalue weighted by molar-refractivity contribution is 0.0950. The van der Waals surface area contributed by atoms with Crippen molar-refractivity contribution in [1.29, 1.82) is 0 Å². The summed E-state index contributed by atoms with van der Waals surface area (Å²) in [5, 5.41) is 4.29. The molecule has 1 amide bonds. The van der Waals surface area contributed by atoms with Gasteiger partial charge in [0.15, 0.2) is 0 Å². The van der Waals surface area contributed by atoms with Crippen molar-refractivity contribution in [2.45, 2.75) is 30.4 Å². The van der Waals surface area contributed by atoms with Gasteiger partial charge in [-0.05, 0) is 25.5 Å². The second-order valence-corrected chi connectivity index (χ2v) is 6.45. The number of para-hydroxylation sites is 1. The molecule has 0 aliphatic carbocycles. The van der Waals surface area contributed by atoms with Crippen molar-refractivity contribution in [1.82, 2.24) is 5.16 Å². The molecule has 0 radical (unpaired) electrons. The van der Waals surface area contributed by atoms with Gasteiger partial charge in [0.25, 0.3) is 5.91 Å². The summed E-state index contributed by atoms with van der Waals surface area (Å²) < 4.78 is 5.11. The molecule has 2 heterocycles. The number of thioether (sulfide) groups is 1. The Hall–Kier alpha value is -1.75. The van der Waals surface area contributed by atoms with Crippen LogP contribution in [0.1, 0.15) is 29.6 Å². The summed E-state index contributed by atoms with van der Waals surface area (Å²) in [7, 11) is 0. The molecule has 4 nitrogen and oxygen atoms in total. The van der Waals surface area contributed by atoms with Crippen molar-refractivity contribution >= 4 is 23.4 Å². The zero-order chi connectivity index (χ0) is 14.1. The van der Waals surface area contributed by atoms with Gasteiger partial charge in [-0.3, -0.25) is 4.79 Å². The molecule has 2 aromatic rings. The van der Waals surface area contributed by atoms with Crippen molar-refractivity contribution in [2.75, 3.05) is 11.4 Å². The van der Waals surface area contributed by atoms with Gasteiger partial charge in [0, 0.05) is 22.8 Å². The Morgan fingerprint density at radius 1 is 1.45 bits per heavy atom. The van der Waals surface area contributed by atoms with Crippen LogP contribution in [0.3, 0.4) is 0 Å². The number of benzene rings is 1. The Labute approximate surface area is 122 Å². The molecule has 5 heteroatoms. The van der Waals surface area contributed by atoms with Crippen LogP contribution in [0.5, 0.6) is 0 Å². The largest absolute Gasteiger partial charge is 0.351 e. The zero-order valence-electron chi connectivity index (χ0n) is 11.5. The number of hydrogen-bond acceptors (Lipinski definition) is 4. The molecule has 0 saturated carbocycles. The standard InChI is InChI=1S/C15H16N2O2S/c1-10-9-13(19-16-10)15(18)17-8-7-11(2)20-14-6-4-3-5-12(14)17/h3-6,9,11H,7-8H2,1-2H3/t11-/m0/s1. The lowest BCUT2D eigenvalue weighted by atomic mass is 10.2. The minimum Gasteiger partial charge on any atom is -0.351 e. The van der Waals surface area contributed by atoms with Crippen molar-refractivity contribution in [3.05, 3.63) is 41.8 Å². The summed E-state index contributed by atoms with van der Waals surface area (Å²) in [6.45, 7) is 4.70. The number of aromatic nitrogens is 1. The Bertz CT molecular complexity index is 638. The number of rotatable bonds is 1. The molecule has 0 unspecified atom stereocenters. The highest BCUT2D eigenvalue weighted by Crippen LogP contribution is 2.37. The first-order chi connectivity index (χ1) is 9.65. The van der Waals surface area contributed by atoms with Crippen LogP contribution < -0.4 is 4.90 Å². The minimum absolute atomic E-state index is 0.118. The van der Waals surface area contributed by atoms with Gasteiger partial charge in [0.1, 0.15) is 0 Å². The molecule has 1 aliphatic rings. The molecule has 0 N–H and O–H groups in total. The number of anilines is 1. The van der Waals surface area contributed by atoms with Crippen molar-refractivity contribution in [2.24, 2.45) is 0 Å². The third-order valence-corrected chi connectivity index (χ3v) is 4.56. The molecule has 20 heavy (non-hydrogen) atoms. The van der Waals surface area contributed by atoms with E-state index in [9.17, 15) is 4.79 Å². The second kappa shape index (κ2) is 5.32. The molecule has 1 aliphatic heterocycles. The molecule has 0 spiro atoms. The Balaban J connectivity index is 1.99. The van der Waals surface area contributed by atoms with Crippen LogP contribution in [-0.4, -0.2) is 22.9 Å². The Morgan fingerprint density at radius 2 is 2.25 bits per heavy atom. The number of carbonyl (C=O) groups is 1. The molecule has 0 fully saturated rings. The predicted molar refractivity (Wildman–Crippen MR) is 79.3 cm³/mol. The van der Waals surface area contributed by atoms with E-state index in [0.29, 0.717) is 17.6 Å². The van der Waals surface area contributed by atoms with E-state index in [0.717, 1.165) is 22.7 Å². The fraction of sp³-hybridized carbons (Fsp3) is 0.333. The van der Waals surface area contributed by atoms with Crippen molar-refractivity contribution in [3.63, 3.8) is 0 Å². The number of amides is 1. The van der Waals surface area contributed by atoms with Crippen LogP contribution in [0.4, 0.5) is 5.69 Å². The molecule has 1 aromatic carbocycles. The van der Waals surface area contributed by atoms with Crippen molar-refractivity contribution < 1.29 is 9.32 Å². The van der Waals surface area contributed by atoms with E-state index in [1.165, 1.54) is 0 Å². The monoisotopic (exact) mass is 288 g/mol. The fourth-order valence-corrected chi connectivity index (χ4v) is 3.41. The molecule has 0 saturated heterocycles. The maximum atomic E-state index is 12.6. The highest BCUT2D eigenvalue weighted by atomic mass is 32.2. The second-order valence-electron chi connectivity index (χ2n) is 4.97. The number of hydrogen-bond donors (Lipinski definition) is 0. The van der Waals surface area contributed by atoms with Gasteiger partial charge in [-0.2, -0.15) is 0 Å². The van der Waals surface area contributed by atoms with E-state index >= 15 is 0 Å². The van der Waals surface area contributed by atoms with Gasteiger partial charge in [0.05, 0.1) is 11.4 Å². The maximum absolute atomic E-state index is 12.6. The lowest BCUT2D eigenvalue weighted by Gasteiger charge is -2.20. The summed E-state index contributed by atoms with van der Waals surface area (Å²) in [5.74, 6) is 0.185.